The molecule has 0 aliphatic carbocycles. The van der Waals surface area contributed by atoms with E-state index in [-0.39, 0.29) is 55.0 Å². The molecule has 27 aromatic rings. The normalized spacial score (nSPS) is 14.6. The molecule has 0 fully saturated rings. The zero-order valence-corrected chi connectivity index (χ0v) is 73.3. The van der Waals surface area contributed by atoms with Gasteiger partial charge in [-0.3, -0.25) is 0 Å². The Morgan fingerprint density at radius 2 is 0.664 bits per heavy atom. The fraction of sp³-hybridized carbons (Fsp3) is 0.0645. The minimum Gasteiger partial charge on any atom is -0.310 e. The van der Waals surface area contributed by atoms with Gasteiger partial charge in [-0.05, 0) is 230 Å². The van der Waals surface area contributed by atoms with E-state index in [9.17, 15) is 24.5 Å². The lowest BCUT2D eigenvalue weighted by molar-refractivity contribution is 0.590. The zero-order valence-electron chi connectivity index (χ0n) is 87.3. The highest BCUT2D eigenvalue weighted by Crippen LogP contribution is 2.58. The van der Waals surface area contributed by atoms with E-state index in [0.717, 1.165) is 187 Å². The van der Waals surface area contributed by atoms with Crippen LogP contribution in [-0.2, 0) is 10.8 Å². The molecule has 624 valence electrons. The Morgan fingerprint density at radius 1 is 0.306 bits per heavy atom. The molecule has 9 nitrogen and oxygen atoms in total. The predicted octanol–water partition coefficient (Wildman–Crippen LogP) is 31.1. The average Bonchev–Trinajstić information content (AvgIpc) is 0.923. The van der Waals surface area contributed by atoms with E-state index >= 15 is 0 Å². The molecule has 0 bridgehead atoms. The van der Waals surface area contributed by atoms with Gasteiger partial charge in [0.1, 0.15) is 0 Å². The van der Waals surface area contributed by atoms with Gasteiger partial charge in [-0.2, -0.15) is 5.26 Å². The van der Waals surface area contributed by atoms with Crippen LogP contribution in [0.1, 0.15) is 77.4 Å². The fourth-order valence-corrected chi connectivity index (χ4v) is 23.2. The molecule has 0 radical (unpaired) electrons. The number of nitrogens with zero attached hydrogens (tertiary/aromatic N) is 9. The maximum Gasteiger partial charge on any atom is 0.252 e. The SMILES string of the molecule is [2H]c1c([2H])c([2H])c2c(c1[2H])c1c([2H])c(C#N)c([2H])c([2H])c1n2-c1ccc2c(c1)N(c1c(-c3ccccc3)cc(C(C)(C)C)cc1-c1cc3c4ccccc4n4c5ccccc5c(c1)c34)c1cc(C(C)(C)C)cc3c1B2c1ccc(-n2c4c([2H])c([2H])c([2H])c([2H])c4c4c([2H])c([N+]#[C-])c([2H])c([2H])c42)cc1N3c1c(-c2cc3c4ccccc4n4c5ccccc5c(c2)c34)cccc1-c1cc2c3ccccc3n3c4ccccc4c(c1)c23. The second-order valence-electron chi connectivity index (χ2n) is 38.1. The lowest BCUT2D eigenvalue weighted by Crippen LogP contribution is -2.61. The first-order valence-corrected chi connectivity index (χ1v) is 45.4. The van der Waals surface area contributed by atoms with E-state index in [1.54, 1.807) is 9.13 Å². The second kappa shape index (κ2) is 26.8. The van der Waals surface area contributed by atoms with Gasteiger partial charge in [-0.15, -0.1) is 0 Å². The van der Waals surface area contributed by atoms with Crippen LogP contribution in [0.4, 0.5) is 39.8 Å². The Hall–Kier alpha value is -17.2. The van der Waals surface area contributed by atoms with Gasteiger partial charge in [0.25, 0.3) is 6.71 Å². The van der Waals surface area contributed by atoms with E-state index in [0.29, 0.717) is 33.7 Å². The summed E-state index contributed by atoms with van der Waals surface area (Å²) in [6, 6.07) is 98.5. The monoisotopic (exact) mass is 1720 g/mol. The Balaban J connectivity index is 0.831. The summed E-state index contributed by atoms with van der Waals surface area (Å²) in [4.78, 5) is 8.52. The third-order valence-corrected chi connectivity index (χ3v) is 29.0. The van der Waals surface area contributed by atoms with Crippen LogP contribution in [0.15, 0.2) is 376 Å². The molecule has 0 unspecified atom stereocenters. The topological polar surface area (TPSA) is 57.7 Å². The summed E-state index contributed by atoms with van der Waals surface area (Å²) in [5.41, 5.74) is 22.5. The molecule has 29 rings (SSSR count). The van der Waals surface area contributed by atoms with E-state index in [1.165, 1.54) is 0 Å². The zero-order chi connectivity index (χ0) is 101. The van der Waals surface area contributed by atoms with Crippen LogP contribution >= 0.6 is 0 Å². The molecule has 0 saturated carbocycles. The Morgan fingerprint density at radius 3 is 1.07 bits per heavy atom. The Labute approximate surface area is 791 Å². The first kappa shape index (κ1) is 62.1. The molecule has 0 saturated heterocycles. The van der Waals surface area contributed by atoms with Crippen LogP contribution in [-0.4, -0.2) is 29.0 Å². The summed E-state index contributed by atoms with van der Waals surface area (Å²) >= 11 is 0. The number of benzene rings is 19. The fourth-order valence-electron chi connectivity index (χ4n) is 23.2. The minimum absolute atomic E-state index is 0.0801. The molecule has 8 aromatic heterocycles. The lowest BCUT2D eigenvalue weighted by atomic mass is 9.33. The third-order valence-electron chi connectivity index (χ3n) is 29.0. The van der Waals surface area contributed by atoms with Gasteiger partial charge in [-0.1, -0.05) is 254 Å². The minimum atomic E-state index is -0.880. The van der Waals surface area contributed by atoms with Crippen LogP contribution in [0, 0.1) is 17.9 Å². The number of para-hydroxylation sites is 9. The van der Waals surface area contributed by atoms with Crippen molar-refractivity contribution < 1.29 is 19.2 Å². The van der Waals surface area contributed by atoms with Crippen LogP contribution in [0.2, 0.25) is 0 Å². The Bertz CT molecular complexity index is 10500. The molecule has 0 amide bonds. The highest BCUT2D eigenvalue weighted by molar-refractivity contribution is 7.00. The quantitative estimate of drug-likeness (QED) is 0.113. The van der Waals surface area contributed by atoms with E-state index in [2.05, 4.69) is 330 Å². The summed E-state index contributed by atoms with van der Waals surface area (Å²) in [6.07, 6.45) is 0. The van der Waals surface area contributed by atoms with Gasteiger partial charge in [0.05, 0.1) is 118 Å². The molecular formula is C124H80BN9. The molecule has 10 heterocycles. The van der Waals surface area contributed by atoms with Crippen LogP contribution in [0.5, 0.6) is 0 Å². The number of aromatic nitrogens is 5. The third kappa shape index (κ3) is 10.0. The number of rotatable bonds is 8. The van der Waals surface area contributed by atoms with Crippen LogP contribution < -0.4 is 26.2 Å². The lowest BCUT2D eigenvalue weighted by Gasteiger charge is -2.46. The van der Waals surface area contributed by atoms with E-state index in [1.807, 2.05) is 36.4 Å². The van der Waals surface area contributed by atoms with Gasteiger partial charge in [0.15, 0.2) is 5.69 Å². The Kier molecular flexibility index (Phi) is 12.4. The molecule has 2 aliphatic rings. The molecular weight excluding hydrogens is 1630 g/mol. The molecule has 134 heavy (non-hydrogen) atoms. The molecule has 19 aromatic carbocycles. The van der Waals surface area contributed by atoms with Gasteiger partial charge in [0, 0.05) is 140 Å². The summed E-state index contributed by atoms with van der Waals surface area (Å²) in [6.45, 7) is 21.0. The van der Waals surface area contributed by atoms with Gasteiger partial charge < -0.3 is 32.1 Å². The average molecular weight is 1720 g/mol. The molecule has 0 atom stereocenters. The number of nitriles is 1. The van der Waals surface area contributed by atoms with Crippen LogP contribution in [0.25, 0.3) is 219 Å². The van der Waals surface area contributed by atoms with Crippen molar-refractivity contribution in [3.05, 3.63) is 404 Å². The molecule has 0 spiro atoms. The first-order valence-electron chi connectivity index (χ1n) is 52.4. The molecule has 2 aliphatic heterocycles. The maximum atomic E-state index is 11.0. The predicted molar refractivity (Wildman–Crippen MR) is 563 cm³/mol. The largest absolute Gasteiger partial charge is 0.310 e. The smallest absolute Gasteiger partial charge is 0.252 e. The van der Waals surface area contributed by atoms with Crippen molar-refractivity contribution in [2.45, 2.75) is 52.4 Å². The summed E-state index contributed by atoms with van der Waals surface area (Å²) in [7, 11) is 0. The summed E-state index contributed by atoms with van der Waals surface area (Å²) in [5, 5.41) is 23.1. The van der Waals surface area contributed by atoms with Crippen molar-refractivity contribution in [2.75, 3.05) is 9.80 Å². The summed E-state index contributed by atoms with van der Waals surface area (Å²) in [5.74, 6) is 0. The van der Waals surface area contributed by atoms with Gasteiger partial charge in [-0.25, -0.2) is 4.85 Å². The number of fused-ring (bicyclic) bond motifs is 28. The van der Waals surface area contributed by atoms with Crippen molar-refractivity contribution in [3.8, 4) is 62.0 Å². The highest BCUT2D eigenvalue weighted by Gasteiger charge is 2.47. The van der Waals surface area contributed by atoms with E-state index < -0.39 is 113 Å². The second-order valence-corrected chi connectivity index (χ2v) is 38.1. The van der Waals surface area contributed by atoms with Gasteiger partial charge >= 0.3 is 0 Å². The summed E-state index contributed by atoms with van der Waals surface area (Å²) < 4.78 is 149. The van der Waals surface area contributed by atoms with Crippen LogP contribution in [0.3, 0.4) is 0 Å². The number of anilines is 6. The van der Waals surface area contributed by atoms with Crippen molar-refractivity contribution >= 4 is 221 Å². The number of hydrogen-bond donors (Lipinski definition) is 0. The van der Waals surface area contributed by atoms with Crippen molar-refractivity contribution in [1.29, 1.82) is 5.26 Å². The standard InChI is InChI=1S/C124H80BN9/c1-123(2,3)76-63-91(72-28-9-8-10-29-72)119(92(64-76)75-61-99-89-36-17-25-46-109(89)132-110-47-26-18-37-90(110)100(62-75)122(99)132)134-114-69-79(128-103-40-19-11-30-83(103)93-56-71(70-126)48-54-111(93)128)50-53-102(114)125-101-52-51-80(129-104-41-20-12-31-84(104)94-67-78(127-7)49-55-112(94)129)68-113(101)133(115-65-77(124(4,5)6)66-116(134)117(115)125)118-81(73-57-95-85-32-13-21-42-105(85)130-106-43-22-14-33-86(106)96(58-73)120(95)130)38-27-39-82(118)74-59-97-87-34-15-23-44-107(87)131-108-45-24-16-35-88(108)98(60-74)121(97)131/h8-69H,1-6H3/i11D,12D,19D,20D,30D,31D,40D,41D,48D,49D,54D,55D,56D,67D. The van der Waals surface area contributed by atoms with Crippen molar-refractivity contribution in [3.63, 3.8) is 0 Å². The molecule has 0 N–H and O–H groups in total. The first-order chi connectivity index (χ1) is 71.5. The van der Waals surface area contributed by atoms with Crippen molar-refractivity contribution in [2.24, 2.45) is 0 Å². The van der Waals surface area contributed by atoms with Crippen molar-refractivity contribution in [1.82, 2.24) is 22.3 Å². The number of hydrogen-bond acceptors (Lipinski definition) is 3. The molecule has 10 heteroatoms. The van der Waals surface area contributed by atoms with Gasteiger partial charge in [0.2, 0.25) is 0 Å². The maximum absolute atomic E-state index is 11.0. The van der Waals surface area contributed by atoms with E-state index in [4.69, 9.17) is 6.57 Å². The highest BCUT2D eigenvalue weighted by atomic mass is 15.2.